The third-order valence-electron chi connectivity index (χ3n) is 27.6. The van der Waals surface area contributed by atoms with Crippen LogP contribution >= 0.6 is 115 Å². The maximum atomic E-state index is 14.3. The van der Waals surface area contributed by atoms with Crippen LogP contribution in [-0.4, -0.2) is 185 Å². The Morgan fingerprint density at radius 3 is 1.13 bits per heavy atom. The first-order valence-electron chi connectivity index (χ1n) is 46.7. The van der Waals surface area contributed by atoms with Crippen molar-refractivity contribution in [3.63, 3.8) is 0 Å². The van der Waals surface area contributed by atoms with Crippen molar-refractivity contribution in [2.45, 2.75) is 201 Å². The smallest absolute Gasteiger partial charge is 0.778 e. The van der Waals surface area contributed by atoms with Gasteiger partial charge in [0.05, 0.1) is 44.1 Å². The SMILES string of the molecule is C.C.C.CC(C)(C)OC(=O)N[C@@H]1c2cc(F)ccc2CC12CCN(c1ncc(I)c3nncn13)CC2.CC(C)(C)OC(=O)N[C@@H]1c2cc(F)ccc2CC12CCN(c1ncc(Sc3ccnc(N)c3Cl)c3nncn13)CC2.Clc1ncc(I)c2nncn12.N[C@@H]1c2cc(F)ccc2CC12CCNCC2.Nc1nccc(Sc2cnc(N3CCC4(CC3)Cc3ccc(F)cc3[C@H]4N)n3cnnc23)c1Cl.Nc1nccc([S-])c1Cl.[B][B].[Na+]. The summed E-state index contributed by atoms with van der Waals surface area (Å²) in [5, 5.41) is 43.8. The van der Waals surface area contributed by atoms with Crippen LogP contribution in [-0.2, 0) is 47.8 Å². The van der Waals surface area contributed by atoms with E-state index in [0.717, 1.165) is 206 Å². The Bertz CT molecular complexity index is 7290. The minimum Gasteiger partial charge on any atom is -0.778 e. The molecule has 4 aliphatic heterocycles. The number of nitrogens with zero attached hydrogens (tertiary/aromatic N) is 22. The number of ether oxygens (including phenoxy) is 2. The summed E-state index contributed by atoms with van der Waals surface area (Å²) in [6.07, 6.45) is 28.0. The molecule has 4 saturated heterocycles. The second-order valence-corrected chi connectivity index (χ2v) is 45.2. The van der Waals surface area contributed by atoms with Gasteiger partial charge in [0, 0.05) is 131 Å². The molecule has 0 unspecified atom stereocenters. The fourth-order valence-electron chi connectivity index (χ4n) is 20.6. The van der Waals surface area contributed by atoms with Gasteiger partial charge in [-0.15, -0.1) is 40.8 Å². The zero-order valence-electron chi connectivity index (χ0n) is 81.0. The number of nitrogens with two attached hydrogens (primary N) is 5. The van der Waals surface area contributed by atoms with Crippen molar-refractivity contribution >= 4 is 213 Å². The Balaban J connectivity index is 0.000000158. The molecule has 15 aromatic rings. The largest absolute Gasteiger partial charge is 1.00 e. The molecule has 15 heterocycles. The number of aromatic nitrogens is 19. The van der Waals surface area contributed by atoms with E-state index < -0.39 is 23.4 Å². The molecule has 0 bridgehead atoms. The first-order chi connectivity index (χ1) is 69.8. The van der Waals surface area contributed by atoms with Gasteiger partial charge in [0.25, 0.3) is 0 Å². The van der Waals surface area contributed by atoms with Gasteiger partial charge in [0.1, 0.15) is 77.2 Å². The van der Waals surface area contributed by atoms with Crippen molar-refractivity contribution in [2.24, 2.45) is 33.1 Å². The molecular weight excluding hydrogens is 2300 g/mol. The summed E-state index contributed by atoms with van der Waals surface area (Å²) in [4.78, 5) is 65.7. The molecule has 4 fully saturated rings. The minimum absolute atomic E-state index is 0. The van der Waals surface area contributed by atoms with Gasteiger partial charge in [-0.05, 0) is 304 Å². The number of alkyl carbamates (subject to hydrolysis) is 2. The van der Waals surface area contributed by atoms with E-state index in [-0.39, 0.29) is 133 Å². The van der Waals surface area contributed by atoms with E-state index in [4.69, 9.17) is 107 Å². The number of benzene rings is 4. The number of nitrogens with one attached hydrogen (secondary N) is 3. The van der Waals surface area contributed by atoms with Gasteiger partial charge in [-0.2, -0.15) is 4.90 Å². The van der Waals surface area contributed by atoms with Crippen LogP contribution in [0.1, 0.15) is 184 Å². The number of pyridine rings is 3. The Labute approximate surface area is 952 Å². The Kier molecular flexibility index (Phi) is 38.5. The van der Waals surface area contributed by atoms with Gasteiger partial charge >= 0.3 is 41.7 Å². The summed E-state index contributed by atoms with van der Waals surface area (Å²) in [7, 11) is 8.00. The first-order valence-corrected chi connectivity index (χ1v) is 52.4. The van der Waals surface area contributed by atoms with Crippen molar-refractivity contribution in [3.8, 4) is 0 Å². The number of amides is 2. The van der Waals surface area contributed by atoms with Crippen LogP contribution < -0.4 is 88.9 Å². The number of rotatable bonds is 9. The Morgan fingerprint density at radius 2 is 0.753 bits per heavy atom. The van der Waals surface area contributed by atoms with Crippen molar-refractivity contribution in [1.29, 1.82) is 0 Å². The van der Waals surface area contributed by atoms with E-state index in [9.17, 15) is 27.2 Å². The molecule has 50 heteroatoms. The van der Waals surface area contributed by atoms with E-state index >= 15 is 0 Å². The van der Waals surface area contributed by atoms with Crippen LogP contribution in [0.15, 0.2) is 184 Å². The summed E-state index contributed by atoms with van der Waals surface area (Å²) in [6, 6.07) is 24.3. The van der Waals surface area contributed by atoms with Crippen molar-refractivity contribution < 1.29 is 66.2 Å². The zero-order valence-corrected chi connectivity index (χ0v) is 92.8. The molecule has 0 saturated carbocycles. The Hall–Kier alpha value is -9.86. The number of halogens is 10. The number of piperidine rings is 4. The molecule has 11 aromatic heterocycles. The topological polar surface area (TPSA) is 439 Å². The molecule has 4 aromatic carbocycles. The monoisotopic (exact) mass is 2410 g/mol. The minimum atomic E-state index is -0.639. The number of hydrogen-bond acceptors (Lipinski definition) is 31. The first kappa shape index (κ1) is 117. The molecule has 34 nitrogen and oxygen atoms in total. The van der Waals surface area contributed by atoms with E-state index in [1.165, 1.54) is 65.4 Å². The molecule has 782 valence electrons. The molecule has 2 amide bonds. The summed E-state index contributed by atoms with van der Waals surface area (Å²) < 4.78 is 75.8. The van der Waals surface area contributed by atoms with Gasteiger partial charge in [-0.1, -0.05) is 111 Å². The van der Waals surface area contributed by atoms with Gasteiger partial charge in [0.2, 0.25) is 23.1 Å². The third kappa shape index (κ3) is 25.3. The van der Waals surface area contributed by atoms with Crippen LogP contribution in [0.3, 0.4) is 0 Å². The predicted octanol–water partition coefficient (Wildman–Crippen LogP) is 16.1. The number of carbonyl (C=O) groups is 2. The fraction of sp³-hybridized carbons (Fsp3) is 0.390. The van der Waals surface area contributed by atoms with E-state index in [1.807, 2.05) is 91.3 Å². The average molecular weight is 2410 g/mol. The quantitative estimate of drug-likeness (QED) is 0.0219. The van der Waals surface area contributed by atoms with E-state index in [0.29, 0.717) is 55.4 Å². The van der Waals surface area contributed by atoms with Gasteiger partial charge < -0.3 is 81.4 Å². The van der Waals surface area contributed by atoms with E-state index in [1.54, 1.807) is 96.8 Å². The molecule has 150 heavy (non-hydrogen) atoms. The summed E-state index contributed by atoms with van der Waals surface area (Å²) in [6.45, 7) is 17.5. The normalized spacial score (nSPS) is 17.9. The van der Waals surface area contributed by atoms with Gasteiger partial charge in [-0.25, -0.2) is 70.8 Å². The molecule has 4 atom stereocenters. The molecule has 4 spiro atoms. The number of nitrogen functional groups attached to an aromatic ring is 3. The number of carbonyl (C=O) groups excluding carboxylic acids is 2. The second kappa shape index (κ2) is 49.3. The predicted molar refractivity (Wildman–Crippen MR) is 595 cm³/mol. The van der Waals surface area contributed by atoms with Crippen molar-refractivity contribution in [3.05, 3.63) is 255 Å². The van der Waals surface area contributed by atoms with Crippen molar-refractivity contribution in [1.82, 2.24) is 109 Å². The van der Waals surface area contributed by atoms with E-state index in [2.05, 4.69) is 157 Å². The summed E-state index contributed by atoms with van der Waals surface area (Å²) in [5.74, 6) is 2.16. The fourth-order valence-corrected chi connectivity index (χ4v) is 24.3. The van der Waals surface area contributed by atoms with Gasteiger partial charge in [0.15, 0.2) is 22.6 Å². The maximum Gasteiger partial charge on any atom is 1.00 e. The third-order valence-corrected chi connectivity index (χ3v) is 33.5. The molecular formula is C100H113B2Cl4F4I2N30NaO4S3. The average Bonchev–Trinajstić information content (AvgIpc) is 1.55. The van der Waals surface area contributed by atoms with Crippen LogP contribution in [0.25, 0.3) is 22.6 Å². The van der Waals surface area contributed by atoms with Crippen LogP contribution in [0.4, 0.5) is 62.4 Å². The molecule has 4 aliphatic carbocycles. The summed E-state index contributed by atoms with van der Waals surface area (Å²) >= 11 is 36.0. The molecule has 8 aliphatic rings. The molecule has 13 N–H and O–H groups in total. The second-order valence-electron chi connectivity index (χ2n) is 38.8. The molecule has 4 radical (unpaired) electrons. The summed E-state index contributed by atoms with van der Waals surface area (Å²) in [5.41, 5.74) is 39.5. The number of hydrogen-bond donors (Lipinski definition) is 8. The standard InChI is InChI=1S/C28H30ClFN8O2S.C23H22ClFN8S.C23H26FIN6O2.C13H17FN2.C5H2ClIN4.C5H5ClN2S.3CH4.B2.Na/c1-27(2,3)40-26(39)35-22-18-12-17(30)5-4-16(18)13-28(22)7-10-37(11-8-28)25-33-14-20(24-36-34-15-38(24)25)41-19-6-9-32-23(31)21(19)29;24-18-16(3-6-28-20(18)27)34-17-11-29-22(33-12-30-31-21(17)33)32-7-4-23(5-8-32)10-13-1-2-14(25)9-15(13)19(23)26;1-22(2,3)33-21(32)28-18-16-10-15(24)5-4-14(16)11-23(18)6-8-30(9-7-23)20-26-12-17(25)19-29-27-13-31(19)20;14-10-2-1-9-8-13(3-5-16-6-4-13)12(15)11(9)7-10;6-5-8-1-3(7)4-10-9-2-11(4)5;6-4-3(9)1-2-8-5(4)7;;;;1-2;/h4-6,9,12,14-15,22H,7-8,10-11,13H2,1-3H3,(H2,31,32)(H,35,39);1-3,6,9,11-12,19H,4-5,7-8,10,26H2,(H2,27,28);4-5,10,12-13,18H,6-9,11H2,1-3H3,(H,28,32);1-2,7,12,16H,3-6,8,15H2;1-2H;1-2H,(H3,7,8,9);3*1H4;;/q;;;;;;;;;;+1/p-1/t22-;19-;18-;12-;;;;;;;/m1111......./s1. The Morgan fingerprint density at radius 1 is 0.440 bits per heavy atom. The van der Waals surface area contributed by atoms with Crippen LogP contribution in [0.5, 0.6) is 0 Å². The van der Waals surface area contributed by atoms with Crippen molar-refractivity contribution in [2.75, 3.05) is 84.3 Å². The van der Waals surface area contributed by atoms with Crippen LogP contribution in [0, 0.1) is 52.1 Å². The van der Waals surface area contributed by atoms with Gasteiger partial charge in [-0.3, -0.25) is 8.80 Å². The number of anilines is 6. The number of fused-ring (bicyclic) bond motifs is 8. The zero-order chi connectivity index (χ0) is 104. The maximum absolute atomic E-state index is 14.3. The molecule has 23 rings (SSSR count). The van der Waals surface area contributed by atoms with Crippen LogP contribution in [0.2, 0.25) is 20.4 Å².